The number of nitrogens with one attached hydrogen (secondary N) is 4. The molecule has 0 aliphatic carbocycles. The second-order valence-corrected chi connectivity index (χ2v) is 8.78. The Labute approximate surface area is 294 Å². The van der Waals surface area contributed by atoms with Crippen molar-refractivity contribution in [2.45, 2.75) is 27.7 Å². The monoisotopic (exact) mass is 934 g/mol. The van der Waals surface area contributed by atoms with E-state index in [1.165, 1.54) is 0 Å². The fourth-order valence-electron chi connectivity index (χ4n) is 2.82. The normalized spacial score (nSPS) is 8.45. The molecule has 0 saturated heterocycles. The van der Waals surface area contributed by atoms with Crippen LogP contribution in [-0.4, -0.2) is 23.6 Å². The molecule has 4 rings (SSSR count). The Morgan fingerprint density at radius 3 is 0.545 bits per heavy atom. The molecular formula is C32H32F2Hf2N4O4-6. The third-order valence-electron chi connectivity index (χ3n) is 5.26. The van der Waals surface area contributed by atoms with E-state index in [1.54, 1.807) is 48.5 Å². The van der Waals surface area contributed by atoms with Crippen LogP contribution in [0.25, 0.3) is 22.9 Å². The van der Waals surface area contributed by atoms with Crippen molar-refractivity contribution in [2.75, 3.05) is 0 Å². The molecule has 0 bridgehead atoms. The van der Waals surface area contributed by atoms with E-state index >= 15 is 0 Å². The van der Waals surface area contributed by atoms with E-state index in [4.69, 9.17) is 22.9 Å². The quantitative estimate of drug-likeness (QED) is 0.288. The Morgan fingerprint density at radius 2 is 0.455 bits per heavy atom. The van der Waals surface area contributed by atoms with Crippen molar-refractivity contribution in [3.63, 3.8) is 0 Å². The zero-order valence-corrected chi connectivity index (χ0v) is 31.8. The van der Waals surface area contributed by atoms with Crippen LogP contribution in [-0.2, 0) is 51.7 Å². The molecule has 0 unspecified atom stereocenters. The average molecular weight is 932 g/mol. The standard InChI is InChI=1S/4C8H9NO.2FH.2Hf/c4*1-6-2-4-7(5-3-6)8(9)10;;;;/h4*2-5H,1H3,(H2,9,10);2*1H;;/p-6. The maximum absolute atomic E-state index is 10.4. The van der Waals surface area contributed by atoms with E-state index < -0.39 is 23.6 Å². The molecule has 4 aromatic rings. The molecule has 0 saturated carbocycles. The van der Waals surface area contributed by atoms with Crippen LogP contribution in [0.15, 0.2) is 97.1 Å². The van der Waals surface area contributed by atoms with Crippen LogP contribution >= 0.6 is 0 Å². The largest absolute Gasteiger partial charge is 1.00 e. The van der Waals surface area contributed by atoms with Gasteiger partial charge >= 0.3 is 0 Å². The summed E-state index contributed by atoms with van der Waals surface area (Å²) in [6, 6.07) is 27.8. The molecule has 4 aromatic carbocycles. The van der Waals surface area contributed by atoms with Gasteiger partial charge in [0.15, 0.2) is 0 Å². The number of hydrogen-bond acceptors (Lipinski definition) is 4. The molecule has 0 fully saturated rings. The predicted molar refractivity (Wildman–Crippen MR) is 159 cm³/mol. The fraction of sp³-hybridized carbons (Fsp3) is 0.125. The van der Waals surface area contributed by atoms with E-state index in [-0.39, 0.29) is 61.1 Å². The predicted octanol–water partition coefficient (Wildman–Crippen LogP) is 2.75. The molecule has 0 atom stereocenters. The molecule has 4 N–H and O–H groups in total. The molecule has 0 radical (unpaired) electrons. The van der Waals surface area contributed by atoms with Gasteiger partial charge in [-0.15, -0.1) is 0 Å². The van der Waals surface area contributed by atoms with Gasteiger partial charge in [-0.3, -0.25) is 0 Å². The van der Waals surface area contributed by atoms with Gasteiger partial charge in [-0.1, -0.05) is 119 Å². The van der Waals surface area contributed by atoms with Crippen LogP contribution in [0.3, 0.4) is 0 Å². The van der Waals surface area contributed by atoms with Gasteiger partial charge in [0.2, 0.25) is 0 Å². The Balaban J connectivity index is -0.000000235. The summed E-state index contributed by atoms with van der Waals surface area (Å²) in [5.74, 6) is -2.50. The average Bonchev–Trinajstić information content (AvgIpc) is 2.91. The molecule has 0 spiro atoms. The van der Waals surface area contributed by atoms with Crippen LogP contribution in [0.1, 0.15) is 63.7 Å². The molecule has 232 valence electrons. The molecular weight excluding hydrogens is 899 g/mol. The maximum atomic E-state index is 10.4. The van der Waals surface area contributed by atoms with Crippen LogP contribution < -0.4 is 9.41 Å². The zero-order valence-electron chi connectivity index (χ0n) is 24.6. The second-order valence-electron chi connectivity index (χ2n) is 8.78. The van der Waals surface area contributed by atoms with Gasteiger partial charge in [0.1, 0.15) is 0 Å². The van der Waals surface area contributed by atoms with Gasteiger partial charge in [0, 0.05) is 51.7 Å². The number of rotatable bonds is 4. The number of hydrogen-bond donors (Lipinski definition) is 0. The maximum Gasteiger partial charge on any atom is 0.0796 e. The minimum absolute atomic E-state index is 0. The van der Waals surface area contributed by atoms with E-state index in [9.17, 15) is 19.2 Å². The van der Waals surface area contributed by atoms with Crippen molar-refractivity contribution in [1.29, 1.82) is 0 Å². The van der Waals surface area contributed by atoms with Crippen molar-refractivity contribution in [3.8, 4) is 0 Å². The molecule has 12 heteroatoms. The topological polar surface area (TPSA) is 163 Å². The summed E-state index contributed by atoms with van der Waals surface area (Å²) < 4.78 is 0. The summed E-state index contributed by atoms with van der Waals surface area (Å²) in [5.41, 5.74) is 33.2. The van der Waals surface area contributed by atoms with Crippen LogP contribution in [0.4, 0.5) is 0 Å². The number of aryl methyl sites for hydroxylation is 4. The minimum atomic E-state index is -0.625. The van der Waals surface area contributed by atoms with E-state index in [0.29, 0.717) is 22.3 Å². The van der Waals surface area contributed by atoms with Gasteiger partial charge in [-0.05, 0) is 49.9 Å². The first-order valence-electron chi connectivity index (χ1n) is 12.1. The first kappa shape index (κ1) is 47.3. The van der Waals surface area contributed by atoms with Crippen molar-refractivity contribution >= 4 is 23.6 Å². The SMILES string of the molecule is Cc1ccc(C([NH-])=O)cc1.Cc1ccc(C([NH-])=O)cc1.Cc1ccc(C([NH-])=O)cc1.Cc1ccc(C([NH-])=O)cc1.[F-].[F-].[Hf].[Hf]. The summed E-state index contributed by atoms with van der Waals surface area (Å²) in [7, 11) is 0. The zero-order chi connectivity index (χ0) is 30.2. The molecule has 0 heterocycles. The number of carbonyl (C=O) groups excluding carboxylic acids is 4. The Bertz CT molecular complexity index is 1200. The number of carbonyl (C=O) groups is 4. The van der Waals surface area contributed by atoms with Crippen molar-refractivity contribution in [1.82, 2.24) is 0 Å². The summed E-state index contributed by atoms with van der Waals surface area (Å²) in [4.78, 5) is 41.7. The first-order valence-corrected chi connectivity index (χ1v) is 12.1. The van der Waals surface area contributed by atoms with E-state index in [0.717, 1.165) is 22.3 Å². The number of benzene rings is 4. The first-order chi connectivity index (χ1) is 18.8. The van der Waals surface area contributed by atoms with Crippen LogP contribution in [0.5, 0.6) is 0 Å². The van der Waals surface area contributed by atoms with Gasteiger partial charge in [-0.2, -0.15) is 0 Å². The smallest absolute Gasteiger partial charge is 0.0796 e. The summed E-state index contributed by atoms with van der Waals surface area (Å²) in [6.07, 6.45) is 0. The molecule has 0 aliphatic heterocycles. The minimum Gasteiger partial charge on any atom is -1.00 e. The Morgan fingerprint density at radius 1 is 0.341 bits per heavy atom. The number of amides is 4. The van der Waals surface area contributed by atoms with Crippen LogP contribution in [0.2, 0.25) is 0 Å². The third kappa shape index (κ3) is 19.5. The molecule has 0 aromatic heterocycles. The van der Waals surface area contributed by atoms with Crippen molar-refractivity contribution in [2.24, 2.45) is 0 Å². The Kier molecular flexibility index (Phi) is 26.6. The van der Waals surface area contributed by atoms with E-state index in [1.807, 2.05) is 76.2 Å². The summed E-state index contributed by atoms with van der Waals surface area (Å²) in [6.45, 7) is 7.77. The van der Waals surface area contributed by atoms with Gasteiger partial charge in [0.25, 0.3) is 0 Å². The molecule has 8 nitrogen and oxygen atoms in total. The van der Waals surface area contributed by atoms with Gasteiger partial charge in [-0.25, -0.2) is 0 Å². The van der Waals surface area contributed by atoms with Crippen molar-refractivity contribution in [3.05, 3.63) is 165 Å². The van der Waals surface area contributed by atoms with Crippen LogP contribution in [0, 0.1) is 27.7 Å². The molecule has 44 heavy (non-hydrogen) atoms. The third-order valence-corrected chi connectivity index (χ3v) is 5.26. The van der Waals surface area contributed by atoms with Gasteiger partial charge in [0.05, 0.1) is 23.6 Å². The molecule has 0 aliphatic rings. The number of halogens is 2. The van der Waals surface area contributed by atoms with Crippen molar-refractivity contribution < 1.29 is 80.3 Å². The summed E-state index contributed by atoms with van der Waals surface area (Å²) >= 11 is 0. The second kappa shape index (κ2) is 24.8. The van der Waals surface area contributed by atoms with E-state index in [2.05, 4.69) is 0 Å². The summed E-state index contributed by atoms with van der Waals surface area (Å²) in [5, 5.41) is 0. The fourth-order valence-corrected chi connectivity index (χ4v) is 2.82. The Hall–Kier alpha value is -3.64. The molecule has 4 amide bonds. The van der Waals surface area contributed by atoms with Gasteiger partial charge < -0.3 is 51.5 Å².